The number of aliphatic imine (C=N–C) groups is 1. The van der Waals surface area contributed by atoms with Crippen LogP contribution in [0, 0.1) is 5.82 Å². The Hall–Kier alpha value is -2.56. The molecule has 9 heteroatoms. The fraction of sp³-hybridized carbons (Fsp3) is 0.333. The summed E-state index contributed by atoms with van der Waals surface area (Å²) >= 11 is 0. The number of guanidine groups is 1. The molecule has 164 valence electrons. The molecule has 30 heavy (non-hydrogen) atoms. The average molecular weight is 530 g/mol. The molecule has 0 heterocycles. The molecule has 0 radical (unpaired) electrons. The minimum absolute atomic E-state index is 0. The maximum absolute atomic E-state index is 13.0. The fourth-order valence-electron chi connectivity index (χ4n) is 2.66. The lowest BCUT2D eigenvalue weighted by Crippen LogP contribution is -2.39. The van der Waals surface area contributed by atoms with Gasteiger partial charge in [-0.25, -0.2) is 9.38 Å². The average Bonchev–Trinajstić information content (AvgIpc) is 2.72. The van der Waals surface area contributed by atoms with Crippen molar-refractivity contribution in [3.63, 3.8) is 0 Å². The third kappa shape index (κ3) is 7.69. The van der Waals surface area contributed by atoms with E-state index in [-0.39, 0.29) is 42.2 Å². The second-order valence-electron chi connectivity index (χ2n) is 6.26. The summed E-state index contributed by atoms with van der Waals surface area (Å²) in [4.78, 5) is 18.5. The minimum Gasteiger partial charge on any atom is -0.497 e. The number of carbonyl (C=O) groups excluding carboxylic acids is 1. The first-order valence-electron chi connectivity index (χ1n) is 9.22. The number of amides is 1. The second kappa shape index (κ2) is 12.9. The van der Waals surface area contributed by atoms with Gasteiger partial charge >= 0.3 is 0 Å². The third-order valence-corrected chi connectivity index (χ3v) is 4.10. The molecule has 0 aliphatic carbocycles. The van der Waals surface area contributed by atoms with Gasteiger partial charge in [0.2, 0.25) is 5.91 Å². The summed E-state index contributed by atoms with van der Waals surface area (Å²) in [5, 5.41) is 5.86. The smallest absolute Gasteiger partial charge is 0.246 e. The lowest BCUT2D eigenvalue weighted by Gasteiger charge is -2.23. The molecular formula is C21H28FIN4O3. The van der Waals surface area contributed by atoms with Crippen molar-refractivity contribution in [2.75, 3.05) is 39.7 Å². The Balaban J connectivity index is 0.00000450. The molecule has 7 nitrogen and oxygen atoms in total. The molecule has 0 atom stereocenters. The minimum atomic E-state index is -0.356. The van der Waals surface area contributed by atoms with E-state index in [1.807, 2.05) is 37.1 Å². The van der Waals surface area contributed by atoms with Gasteiger partial charge in [-0.05, 0) is 43.3 Å². The standard InChI is InChI=1S/C21H27FN4O3.HI/c1-5-23-21(24-13-20(27)25-17-9-7-16(22)8-10-17)26(2)14-15-6-11-18(28-3)12-19(15)29-4;/h6-12H,5,13-14H2,1-4H3,(H,23,24)(H,25,27);1H. The Kier molecular flexibility index (Phi) is 10.9. The second-order valence-corrected chi connectivity index (χ2v) is 6.26. The Labute approximate surface area is 193 Å². The maximum Gasteiger partial charge on any atom is 0.246 e. The predicted molar refractivity (Wildman–Crippen MR) is 127 cm³/mol. The normalized spacial score (nSPS) is 10.6. The third-order valence-electron chi connectivity index (χ3n) is 4.10. The highest BCUT2D eigenvalue weighted by atomic mass is 127. The van der Waals surface area contributed by atoms with Gasteiger partial charge in [0.05, 0.1) is 14.2 Å². The van der Waals surface area contributed by atoms with Crippen molar-refractivity contribution in [1.29, 1.82) is 0 Å². The van der Waals surface area contributed by atoms with E-state index < -0.39 is 0 Å². The molecule has 0 spiro atoms. The van der Waals surface area contributed by atoms with Crippen molar-refractivity contribution in [2.45, 2.75) is 13.5 Å². The fourth-order valence-corrected chi connectivity index (χ4v) is 2.66. The van der Waals surface area contributed by atoms with Gasteiger partial charge in [0, 0.05) is 37.5 Å². The molecule has 2 N–H and O–H groups in total. The Morgan fingerprint density at radius 3 is 2.43 bits per heavy atom. The molecule has 2 aromatic carbocycles. The van der Waals surface area contributed by atoms with Crippen molar-refractivity contribution in [3.8, 4) is 11.5 Å². The van der Waals surface area contributed by atoms with E-state index in [4.69, 9.17) is 9.47 Å². The van der Waals surface area contributed by atoms with Gasteiger partial charge in [0.15, 0.2) is 5.96 Å². The molecule has 0 fully saturated rings. The van der Waals surface area contributed by atoms with Crippen molar-refractivity contribution in [1.82, 2.24) is 10.2 Å². The van der Waals surface area contributed by atoms with Crippen LogP contribution in [0.4, 0.5) is 10.1 Å². The zero-order chi connectivity index (χ0) is 21.2. The van der Waals surface area contributed by atoms with E-state index in [0.29, 0.717) is 36.2 Å². The SMILES string of the molecule is CCNC(=NCC(=O)Nc1ccc(F)cc1)N(C)Cc1ccc(OC)cc1OC.I. The van der Waals surface area contributed by atoms with Crippen LogP contribution in [0.3, 0.4) is 0 Å². The van der Waals surface area contributed by atoms with Crippen LogP contribution in [0.1, 0.15) is 12.5 Å². The molecule has 1 amide bonds. The molecular weight excluding hydrogens is 502 g/mol. The largest absolute Gasteiger partial charge is 0.497 e. The number of carbonyl (C=O) groups is 1. The zero-order valence-corrected chi connectivity index (χ0v) is 19.9. The van der Waals surface area contributed by atoms with Gasteiger partial charge in [0.25, 0.3) is 0 Å². The maximum atomic E-state index is 13.0. The van der Waals surface area contributed by atoms with Crippen LogP contribution in [0.25, 0.3) is 0 Å². The van der Waals surface area contributed by atoms with Crippen LogP contribution >= 0.6 is 24.0 Å². The number of anilines is 1. The number of halogens is 2. The topological polar surface area (TPSA) is 75.2 Å². The van der Waals surface area contributed by atoms with Crippen molar-refractivity contribution < 1.29 is 18.7 Å². The van der Waals surface area contributed by atoms with Gasteiger partial charge in [-0.1, -0.05) is 0 Å². The monoisotopic (exact) mass is 530 g/mol. The van der Waals surface area contributed by atoms with E-state index >= 15 is 0 Å². The first kappa shape index (κ1) is 25.5. The van der Waals surface area contributed by atoms with E-state index in [0.717, 1.165) is 5.56 Å². The molecule has 0 aliphatic heterocycles. The van der Waals surface area contributed by atoms with Gasteiger partial charge in [-0.15, -0.1) is 24.0 Å². The highest BCUT2D eigenvalue weighted by Crippen LogP contribution is 2.25. The molecule has 0 aliphatic rings. The van der Waals surface area contributed by atoms with Crippen molar-refractivity contribution in [2.24, 2.45) is 4.99 Å². The number of methoxy groups -OCH3 is 2. The highest BCUT2D eigenvalue weighted by Gasteiger charge is 2.12. The summed E-state index contributed by atoms with van der Waals surface area (Å²) in [5.41, 5.74) is 1.48. The van der Waals surface area contributed by atoms with Crippen LogP contribution in [0.2, 0.25) is 0 Å². The number of nitrogens with one attached hydrogen (secondary N) is 2. The van der Waals surface area contributed by atoms with E-state index in [9.17, 15) is 9.18 Å². The number of rotatable bonds is 8. The number of hydrogen-bond donors (Lipinski definition) is 2. The first-order chi connectivity index (χ1) is 14.0. The number of hydrogen-bond acceptors (Lipinski definition) is 4. The van der Waals surface area contributed by atoms with Crippen LogP contribution in [0.5, 0.6) is 11.5 Å². The number of benzene rings is 2. The van der Waals surface area contributed by atoms with Gasteiger partial charge in [-0.2, -0.15) is 0 Å². The van der Waals surface area contributed by atoms with Gasteiger partial charge < -0.3 is 25.0 Å². The Bertz CT molecular complexity index is 847. The summed E-state index contributed by atoms with van der Waals surface area (Å²) in [5.74, 6) is 1.36. The van der Waals surface area contributed by atoms with Crippen LogP contribution in [-0.2, 0) is 11.3 Å². The Morgan fingerprint density at radius 2 is 1.83 bits per heavy atom. The summed E-state index contributed by atoms with van der Waals surface area (Å²) in [6.07, 6.45) is 0. The molecule has 0 saturated carbocycles. The van der Waals surface area contributed by atoms with E-state index in [1.165, 1.54) is 24.3 Å². The Morgan fingerprint density at radius 1 is 1.13 bits per heavy atom. The molecule has 0 unspecified atom stereocenters. The summed E-state index contributed by atoms with van der Waals surface area (Å²) in [6.45, 7) is 3.07. The van der Waals surface area contributed by atoms with Crippen molar-refractivity contribution >= 4 is 41.5 Å². The zero-order valence-electron chi connectivity index (χ0n) is 17.6. The van der Waals surface area contributed by atoms with E-state index in [2.05, 4.69) is 15.6 Å². The molecule has 2 rings (SSSR count). The van der Waals surface area contributed by atoms with Crippen LogP contribution < -0.4 is 20.1 Å². The molecule has 2 aromatic rings. The molecule has 0 bridgehead atoms. The lowest BCUT2D eigenvalue weighted by atomic mass is 10.2. The van der Waals surface area contributed by atoms with Gasteiger partial charge in [-0.3, -0.25) is 4.79 Å². The predicted octanol–water partition coefficient (Wildman–Crippen LogP) is 3.50. The highest BCUT2D eigenvalue weighted by molar-refractivity contribution is 14.0. The van der Waals surface area contributed by atoms with Crippen molar-refractivity contribution in [3.05, 3.63) is 53.8 Å². The quantitative estimate of drug-likeness (QED) is 0.311. The van der Waals surface area contributed by atoms with Crippen LogP contribution in [0.15, 0.2) is 47.5 Å². The van der Waals surface area contributed by atoms with E-state index in [1.54, 1.807) is 14.2 Å². The number of ether oxygens (including phenoxy) is 2. The van der Waals surface area contributed by atoms with Crippen LogP contribution in [-0.4, -0.2) is 51.1 Å². The summed E-state index contributed by atoms with van der Waals surface area (Å²) in [6, 6.07) is 11.2. The molecule has 0 saturated heterocycles. The van der Waals surface area contributed by atoms with Gasteiger partial charge in [0.1, 0.15) is 23.9 Å². The lowest BCUT2D eigenvalue weighted by molar-refractivity contribution is -0.114. The summed E-state index contributed by atoms with van der Waals surface area (Å²) < 4.78 is 23.6. The summed E-state index contributed by atoms with van der Waals surface area (Å²) in [7, 11) is 5.09. The number of nitrogens with zero attached hydrogens (tertiary/aromatic N) is 2. The molecule has 0 aromatic heterocycles. The first-order valence-corrected chi connectivity index (χ1v) is 9.22.